The van der Waals surface area contributed by atoms with Crippen LogP contribution in [0.15, 0.2) is 76.7 Å². The molecule has 0 aromatic heterocycles. The summed E-state index contributed by atoms with van der Waals surface area (Å²) in [5, 5.41) is 10.0. The van der Waals surface area contributed by atoms with Gasteiger partial charge in [-0.3, -0.25) is 9.69 Å². The largest absolute Gasteiger partial charge is 0.479 e. The van der Waals surface area contributed by atoms with Gasteiger partial charge in [0.05, 0.1) is 4.91 Å². The van der Waals surface area contributed by atoms with Crippen molar-refractivity contribution < 1.29 is 14.7 Å². The van der Waals surface area contributed by atoms with E-state index in [1.807, 2.05) is 30.3 Å². The summed E-state index contributed by atoms with van der Waals surface area (Å²) in [5.41, 5.74) is 1.37. The molecule has 4 nitrogen and oxygen atoms in total. The van der Waals surface area contributed by atoms with Crippen molar-refractivity contribution in [2.75, 3.05) is 0 Å². The van der Waals surface area contributed by atoms with E-state index in [1.54, 1.807) is 36.4 Å². The van der Waals surface area contributed by atoms with Gasteiger partial charge in [0.25, 0.3) is 5.91 Å². The van der Waals surface area contributed by atoms with Gasteiger partial charge in [0.1, 0.15) is 4.32 Å². The minimum absolute atomic E-state index is 0.187. The van der Waals surface area contributed by atoms with Gasteiger partial charge in [-0.05, 0) is 23.3 Å². The minimum Gasteiger partial charge on any atom is -0.479 e. The van der Waals surface area contributed by atoms with Crippen molar-refractivity contribution in [2.45, 2.75) is 6.04 Å². The quantitative estimate of drug-likeness (QED) is 0.559. The molecule has 27 heavy (non-hydrogen) atoms. The first-order valence-corrected chi connectivity index (χ1v) is 9.54. The van der Waals surface area contributed by atoms with Crippen LogP contribution in [0.25, 0.3) is 6.08 Å². The van der Waals surface area contributed by atoms with Crippen LogP contribution in [0.5, 0.6) is 0 Å². The molecule has 0 unspecified atom stereocenters. The lowest BCUT2D eigenvalue weighted by Crippen LogP contribution is -2.37. The Labute approximate surface area is 171 Å². The molecule has 1 atom stereocenters. The lowest BCUT2D eigenvalue weighted by molar-refractivity contribution is -0.145. The van der Waals surface area contributed by atoms with Crippen LogP contribution in [0.4, 0.5) is 0 Å². The first-order valence-electron chi connectivity index (χ1n) is 7.94. The first-order chi connectivity index (χ1) is 13.0. The molecule has 136 valence electrons. The highest BCUT2D eigenvalue weighted by Gasteiger charge is 2.41. The van der Waals surface area contributed by atoms with Crippen molar-refractivity contribution in [2.24, 2.45) is 0 Å². The number of carboxylic acid groups (broad SMARTS) is 1. The number of carboxylic acids is 1. The molecule has 0 radical (unpaired) electrons. The van der Waals surface area contributed by atoms with Gasteiger partial charge in [-0.15, -0.1) is 0 Å². The maximum atomic E-state index is 12.8. The molecule has 1 amide bonds. The average Bonchev–Trinajstić information content (AvgIpc) is 2.91. The van der Waals surface area contributed by atoms with Gasteiger partial charge < -0.3 is 5.11 Å². The van der Waals surface area contributed by atoms with Crippen molar-refractivity contribution in [1.29, 1.82) is 0 Å². The number of carbonyl (C=O) groups is 2. The smallest absolute Gasteiger partial charge is 0.331 e. The van der Waals surface area contributed by atoms with E-state index < -0.39 is 17.9 Å². The molecule has 0 saturated carbocycles. The van der Waals surface area contributed by atoms with Crippen molar-refractivity contribution in [3.63, 3.8) is 0 Å². The molecule has 2 aromatic rings. The van der Waals surface area contributed by atoms with E-state index in [1.165, 1.54) is 6.08 Å². The van der Waals surface area contributed by atoms with Gasteiger partial charge in [0, 0.05) is 5.03 Å². The lowest BCUT2D eigenvalue weighted by atomic mass is 10.1. The summed E-state index contributed by atoms with van der Waals surface area (Å²) >= 11 is 12.6. The summed E-state index contributed by atoms with van der Waals surface area (Å²) in [5.74, 6) is -1.62. The molecule has 1 aliphatic heterocycles. The van der Waals surface area contributed by atoms with Crippen LogP contribution in [-0.2, 0) is 9.59 Å². The molecule has 0 spiro atoms. The van der Waals surface area contributed by atoms with Crippen LogP contribution >= 0.6 is 35.6 Å². The Hall–Kier alpha value is -2.41. The molecule has 1 aliphatic rings. The molecular formula is C20H14ClNO3S2. The van der Waals surface area contributed by atoms with Gasteiger partial charge >= 0.3 is 5.97 Å². The molecular weight excluding hydrogens is 402 g/mol. The Morgan fingerprint density at radius 3 is 2.30 bits per heavy atom. The summed E-state index contributed by atoms with van der Waals surface area (Å²) in [6, 6.07) is 16.8. The minimum atomic E-state index is -1.18. The fourth-order valence-corrected chi connectivity index (χ4v) is 4.22. The summed E-state index contributed by atoms with van der Waals surface area (Å²) in [6.07, 6.45) is 3.23. The molecule has 3 rings (SSSR count). The van der Waals surface area contributed by atoms with E-state index in [9.17, 15) is 14.7 Å². The van der Waals surface area contributed by atoms with Crippen LogP contribution in [0, 0.1) is 0 Å². The molecule has 2 aromatic carbocycles. The Kier molecular flexibility index (Phi) is 6.11. The normalized spacial score (nSPS) is 17.4. The van der Waals surface area contributed by atoms with Crippen molar-refractivity contribution in [1.82, 2.24) is 4.90 Å². The first kappa shape index (κ1) is 19.4. The number of thiocarbonyl (C=S) groups is 1. The molecule has 1 N–H and O–H groups in total. The Morgan fingerprint density at radius 2 is 1.70 bits per heavy atom. The number of rotatable bonds is 5. The van der Waals surface area contributed by atoms with Crippen LogP contribution in [0.3, 0.4) is 0 Å². The fraction of sp³-hybridized carbons (Fsp3) is 0.0500. The van der Waals surface area contributed by atoms with Gasteiger partial charge in [-0.1, -0.05) is 96.2 Å². The predicted octanol–water partition coefficient (Wildman–Crippen LogP) is 4.84. The average molecular weight is 416 g/mol. The third-order valence-corrected chi connectivity index (χ3v) is 5.35. The van der Waals surface area contributed by atoms with E-state index in [0.717, 1.165) is 22.2 Å². The Bertz CT molecular complexity index is 942. The van der Waals surface area contributed by atoms with Crippen molar-refractivity contribution in [3.05, 3.63) is 87.8 Å². The number of thioether (sulfide) groups is 1. The summed E-state index contributed by atoms with van der Waals surface area (Å²) in [6.45, 7) is 0. The second kappa shape index (κ2) is 8.52. The third kappa shape index (κ3) is 4.47. The number of benzene rings is 2. The highest BCUT2D eigenvalue weighted by Crippen LogP contribution is 2.38. The summed E-state index contributed by atoms with van der Waals surface area (Å²) < 4.78 is 0.187. The van der Waals surface area contributed by atoms with E-state index in [2.05, 4.69) is 0 Å². The second-order valence-corrected chi connectivity index (χ2v) is 7.76. The molecule has 7 heteroatoms. The summed E-state index contributed by atoms with van der Waals surface area (Å²) in [7, 11) is 0. The zero-order valence-corrected chi connectivity index (χ0v) is 16.3. The van der Waals surface area contributed by atoms with Crippen LogP contribution < -0.4 is 0 Å². The number of carbonyl (C=O) groups excluding carboxylic acids is 1. The van der Waals surface area contributed by atoms with E-state index in [4.69, 9.17) is 23.8 Å². The highest BCUT2D eigenvalue weighted by atomic mass is 35.5. The number of hydrogen-bond acceptors (Lipinski definition) is 4. The van der Waals surface area contributed by atoms with E-state index in [-0.39, 0.29) is 4.32 Å². The second-order valence-electron chi connectivity index (χ2n) is 5.64. The fourth-order valence-electron chi connectivity index (χ4n) is 2.62. The molecule has 0 bridgehead atoms. The predicted molar refractivity (Wildman–Crippen MR) is 112 cm³/mol. The molecule has 1 fully saturated rings. The van der Waals surface area contributed by atoms with Crippen LogP contribution in [0.1, 0.15) is 17.2 Å². The number of hydrogen-bond donors (Lipinski definition) is 1. The number of aliphatic carboxylic acids is 1. The molecule has 1 saturated heterocycles. The van der Waals surface area contributed by atoms with Crippen LogP contribution in [0.2, 0.25) is 0 Å². The number of halogens is 1. The number of allylic oxidation sites excluding steroid dienone is 2. The maximum Gasteiger partial charge on any atom is 0.331 e. The van der Waals surface area contributed by atoms with Gasteiger partial charge in [-0.2, -0.15) is 0 Å². The zero-order valence-electron chi connectivity index (χ0n) is 13.9. The monoisotopic (exact) mass is 415 g/mol. The van der Waals surface area contributed by atoms with Crippen LogP contribution in [-0.4, -0.2) is 26.2 Å². The SMILES string of the molecule is O=C(O)[C@@H](c1ccccc1)N1C(=O)/C(=C/C(Cl)=C/c2ccccc2)SC1=S. The van der Waals surface area contributed by atoms with E-state index in [0.29, 0.717) is 15.5 Å². The zero-order chi connectivity index (χ0) is 19.4. The standard InChI is InChI=1S/C20H14ClNO3S2/c21-15(11-13-7-3-1-4-8-13)12-16-18(23)22(20(26)27-16)17(19(24)25)14-9-5-2-6-10-14/h1-12,17H,(H,24,25)/b15-11-,16-12-/t17-/m1/s1. The number of nitrogens with zero attached hydrogens (tertiary/aromatic N) is 1. The molecule has 0 aliphatic carbocycles. The summed E-state index contributed by atoms with van der Waals surface area (Å²) in [4.78, 5) is 26.1. The van der Waals surface area contributed by atoms with E-state index >= 15 is 0 Å². The lowest BCUT2D eigenvalue weighted by Gasteiger charge is -2.23. The Morgan fingerprint density at radius 1 is 1.11 bits per heavy atom. The topological polar surface area (TPSA) is 57.6 Å². The highest BCUT2D eigenvalue weighted by molar-refractivity contribution is 8.26. The maximum absolute atomic E-state index is 12.8. The van der Waals surface area contributed by atoms with Gasteiger partial charge in [0.2, 0.25) is 0 Å². The number of amides is 1. The Balaban J connectivity index is 1.90. The van der Waals surface area contributed by atoms with Crippen molar-refractivity contribution in [3.8, 4) is 0 Å². The third-order valence-electron chi connectivity index (χ3n) is 3.80. The van der Waals surface area contributed by atoms with Crippen molar-refractivity contribution >= 4 is 57.9 Å². The molecule has 1 heterocycles. The van der Waals surface area contributed by atoms with Gasteiger partial charge in [0.15, 0.2) is 6.04 Å². The van der Waals surface area contributed by atoms with Gasteiger partial charge in [-0.25, -0.2) is 4.79 Å².